The lowest BCUT2D eigenvalue weighted by Gasteiger charge is -2.01. The first-order chi connectivity index (χ1) is 6.47. The van der Waals surface area contributed by atoms with Gasteiger partial charge in [0.15, 0.2) is 0 Å². The molecule has 0 amide bonds. The van der Waals surface area contributed by atoms with Crippen LogP contribution in [0.25, 0.3) is 0 Å². The summed E-state index contributed by atoms with van der Waals surface area (Å²) in [5.74, 6) is 0. The quantitative estimate of drug-likeness (QED) is 0.850. The highest BCUT2D eigenvalue weighted by molar-refractivity contribution is 7.84. The topological polar surface area (TPSA) is 69.4 Å². The predicted molar refractivity (Wildman–Crippen MR) is 54.2 cm³/mol. The number of halogens is 1. The minimum absolute atomic E-state index is 0.0421. The van der Waals surface area contributed by atoms with Crippen LogP contribution >= 0.6 is 11.6 Å². The second-order valence-electron chi connectivity index (χ2n) is 2.69. The van der Waals surface area contributed by atoms with Gasteiger partial charge in [0.1, 0.15) is 0 Å². The van der Waals surface area contributed by atoms with E-state index in [9.17, 15) is 8.42 Å². The maximum Gasteiger partial charge on any atom is 0.333 e. The Bertz CT molecular complexity index is 388. The highest BCUT2D eigenvalue weighted by Gasteiger charge is 2.01. The van der Waals surface area contributed by atoms with Crippen molar-refractivity contribution in [2.45, 2.75) is 6.42 Å². The maximum atomic E-state index is 10.4. The second-order valence-corrected chi connectivity index (χ2v) is 4.35. The maximum absolute atomic E-state index is 10.4. The van der Waals surface area contributed by atoms with Crippen molar-refractivity contribution in [1.82, 2.24) is 0 Å². The molecule has 0 aliphatic heterocycles. The first-order valence-electron chi connectivity index (χ1n) is 3.89. The minimum atomic E-state index is -3.83. The van der Waals surface area contributed by atoms with E-state index >= 15 is 0 Å². The van der Waals surface area contributed by atoms with E-state index in [2.05, 4.69) is 9.32 Å². The van der Waals surface area contributed by atoms with Gasteiger partial charge >= 0.3 is 10.3 Å². The van der Waals surface area contributed by atoms with Crippen LogP contribution in [-0.4, -0.2) is 15.0 Å². The van der Waals surface area contributed by atoms with E-state index in [0.29, 0.717) is 11.4 Å². The van der Waals surface area contributed by atoms with Crippen LogP contribution in [0.5, 0.6) is 0 Å². The third-order valence-electron chi connectivity index (χ3n) is 1.55. The van der Waals surface area contributed by atoms with Gasteiger partial charge < -0.3 is 0 Å². The molecule has 1 aromatic carbocycles. The second kappa shape index (κ2) is 4.75. The summed E-state index contributed by atoms with van der Waals surface area (Å²) in [5.41, 5.74) is 0.943. The summed E-state index contributed by atoms with van der Waals surface area (Å²) >= 11 is 5.67. The molecule has 1 rings (SSSR count). The predicted octanol–water partition coefficient (Wildman–Crippen LogP) is 1.10. The normalized spacial score (nSPS) is 11.6. The average Bonchev–Trinajstić information content (AvgIpc) is 2.06. The molecule has 0 bridgehead atoms. The van der Waals surface area contributed by atoms with Crippen molar-refractivity contribution in [3.63, 3.8) is 0 Å². The summed E-state index contributed by atoms with van der Waals surface area (Å²) < 4.78 is 25.2. The number of hydrogen-bond acceptors (Lipinski definition) is 3. The van der Waals surface area contributed by atoms with Gasteiger partial charge in [0.25, 0.3) is 0 Å². The lowest BCUT2D eigenvalue weighted by atomic mass is 10.2. The van der Waals surface area contributed by atoms with Gasteiger partial charge in [-0.25, -0.2) is 5.14 Å². The number of rotatable bonds is 4. The summed E-state index contributed by atoms with van der Waals surface area (Å²) in [5, 5.41) is 5.29. The van der Waals surface area contributed by atoms with Crippen LogP contribution in [0.2, 0.25) is 5.02 Å². The van der Waals surface area contributed by atoms with Crippen LogP contribution < -0.4 is 5.14 Å². The van der Waals surface area contributed by atoms with Gasteiger partial charge in [-0.05, 0) is 24.1 Å². The van der Waals surface area contributed by atoms with Crippen molar-refractivity contribution in [3.8, 4) is 0 Å². The molecule has 6 heteroatoms. The van der Waals surface area contributed by atoms with Crippen LogP contribution in [0, 0.1) is 0 Å². The molecule has 0 radical (unpaired) electrons. The summed E-state index contributed by atoms with van der Waals surface area (Å²) in [7, 11) is -3.83. The van der Waals surface area contributed by atoms with Crippen molar-refractivity contribution in [2.24, 2.45) is 5.14 Å². The first kappa shape index (κ1) is 11.5. The van der Waals surface area contributed by atoms with Crippen molar-refractivity contribution >= 4 is 21.9 Å². The molecule has 78 valence electrons. The van der Waals surface area contributed by atoms with Crippen LogP contribution in [0.3, 0.4) is 0 Å². The Kier molecular flexibility index (Phi) is 3.88. The molecular formula is C8H10ClNO3S. The van der Waals surface area contributed by atoms with E-state index in [1.165, 1.54) is 0 Å². The molecule has 0 aliphatic rings. The van der Waals surface area contributed by atoms with Crippen LogP contribution in [0.15, 0.2) is 24.3 Å². The van der Waals surface area contributed by atoms with E-state index in [1.54, 1.807) is 24.3 Å². The number of hydrogen-bond donors (Lipinski definition) is 1. The summed E-state index contributed by atoms with van der Waals surface area (Å²) in [4.78, 5) is 0. The number of benzene rings is 1. The molecule has 1 aromatic rings. The average molecular weight is 236 g/mol. The van der Waals surface area contributed by atoms with Crippen LogP contribution in [0.1, 0.15) is 5.56 Å². The molecule has 0 fully saturated rings. The molecule has 0 unspecified atom stereocenters. The Hall–Kier alpha value is -0.620. The summed E-state index contributed by atoms with van der Waals surface area (Å²) in [6.45, 7) is 0.0421. The molecule has 0 heterocycles. The van der Waals surface area contributed by atoms with Gasteiger partial charge in [-0.3, -0.25) is 4.18 Å². The zero-order chi connectivity index (χ0) is 10.6. The lowest BCUT2D eigenvalue weighted by molar-refractivity contribution is 0.323. The molecule has 0 spiro atoms. The van der Waals surface area contributed by atoms with Crippen molar-refractivity contribution in [2.75, 3.05) is 6.61 Å². The number of nitrogens with two attached hydrogens (primary N) is 1. The first-order valence-corrected chi connectivity index (χ1v) is 5.74. The molecule has 14 heavy (non-hydrogen) atoms. The van der Waals surface area contributed by atoms with Crippen LogP contribution in [0.4, 0.5) is 0 Å². The Morgan fingerprint density at radius 2 is 1.86 bits per heavy atom. The van der Waals surface area contributed by atoms with Gasteiger partial charge in [0, 0.05) is 5.02 Å². The lowest BCUT2D eigenvalue weighted by Crippen LogP contribution is -2.17. The fraction of sp³-hybridized carbons (Fsp3) is 0.250. The minimum Gasteiger partial charge on any atom is -0.258 e. The summed E-state index contributed by atoms with van der Waals surface area (Å²) in [6.07, 6.45) is 0.480. The van der Waals surface area contributed by atoms with Crippen molar-refractivity contribution in [1.29, 1.82) is 0 Å². The van der Waals surface area contributed by atoms with E-state index in [1.807, 2.05) is 0 Å². The molecule has 2 N–H and O–H groups in total. The zero-order valence-electron chi connectivity index (χ0n) is 7.31. The SMILES string of the molecule is NS(=O)(=O)OCCc1ccc(Cl)cc1. The molecule has 0 atom stereocenters. The third-order valence-corrected chi connectivity index (χ3v) is 2.30. The van der Waals surface area contributed by atoms with Crippen molar-refractivity contribution in [3.05, 3.63) is 34.9 Å². The fourth-order valence-corrected chi connectivity index (χ4v) is 1.37. The molecular weight excluding hydrogens is 226 g/mol. The van der Waals surface area contributed by atoms with Gasteiger partial charge in [-0.2, -0.15) is 8.42 Å². The van der Waals surface area contributed by atoms with E-state index in [-0.39, 0.29) is 6.61 Å². The van der Waals surface area contributed by atoms with Crippen LogP contribution in [-0.2, 0) is 20.9 Å². The van der Waals surface area contributed by atoms with Crippen molar-refractivity contribution < 1.29 is 12.6 Å². The van der Waals surface area contributed by atoms with E-state index in [0.717, 1.165) is 5.56 Å². The van der Waals surface area contributed by atoms with Gasteiger partial charge in [-0.15, -0.1) is 0 Å². The summed E-state index contributed by atoms with van der Waals surface area (Å²) in [6, 6.07) is 7.06. The molecule has 0 saturated carbocycles. The molecule has 0 aromatic heterocycles. The third kappa shape index (κ3) is 4.57. The Balaban J connectivity index is 2.43. The fourth-order valence-electron chi connectivity index (χ4n) is 0.927. The Morgan fingerprint density at radius 1 is 1.29 bits per heavy atom. The molecule has 0 aliphatic carbocycles. The monoisotopic (exact) mass is 235 g/mol. The molecule has 4 nitrogen and oxygen atoms in total. The molecule has 0 saturated heterocycles. The highest BCUT2D eigenvalue weighted by Crippen LogP contribution is 2.09. The highest BCUT2D eigenvalue weighted by atomic mass is 35.5. The van der Waals surface area contributed by atoms with Gasteiger partial charge in [0.2, 0.25) is 0 Å². The van der Waals surface area contributed by atoms with Gasteiger partial charge in [0.05, 0.1) is 6.61 Å². The largest absolute Gasteiger partial charge is 0.333 e. The Morgan fingerprint density at radius 3 is 2.36 bits per heavy atom. The zero-order valence-corrected chi connectivity index (χ0v) is 8.88. The smallest absolute Gasteiger partial charge is 0.258 e. The van der Waals surface area contributed by atoms with E-state index < -0.39 is 10.3 Å². The van der Waals surface area contributed by atoms with Gasteiger partial charge in [-0.1, -0.05) is 23.7 Å². The standard InChI is InChI=1S/C8H10ClNO3S/c9-8-3-1-7(2-4-8)5-6-13-14(10,11)12/h1-4H,5-6H2,(H2,10,11,12). The Labute approximate surface area is 87.9 Å². The van der Waals surface area contributed by atoms with E-state index in [4.69, 9.17) is 11.6 Å².